The predicted octanol–water partition coefficient (Wildman–Crippen LogP) is 2.59. The molecule has 2 aliphatic rings. The second kappa shape index (κ2) is 6.84. The number of rotatable bonds is 5. The molecule has 1 aromatic carbocycles. The lowest BCUT2D eigenvalue weighted by Gasteiger charge is -2.30. The van der Waals surface area contributed by atoms with Gasteiger partial charge in [-0.1, -0.05) is 24.6 Å². The van der Waals surface area contributed by atoms with Crippen molar-refractivity contribution in [3.8, 4) is 0 Å². The highest BCUT2D eigenvalue weighted by molar-refractivity contribution is 7.89. The summed E-state index contributed by atoms with van der Waals surface area (Å²) < 4.78 is 32.3. The first kappa shape index (κ1) is 17.4. The molecule has 0 bridgehead atoms. The normalized spacial score (nSPS) is 27.7. The molecule has 0 amide bonds. The number of aryl methyl sites for hydroxylation is 1. The van der Waals surface area contributed by atoms with Gasteiger partial charge in [0.05, 0.1) is 17.4 Å². The number of carbonyl (C=O) groups is 1. The van der Waals surface area contributed by atoms with E-state index in [0.717, 1.165) is 12.0 Å². The summed E-state index contributed by atoms with van der Waals surface area (Å²) in [6.07, 6.45) is 2.50. The third-order valence-corrected chi connectivity index (χ3v) is 6.97. The Morgan fingerprint density at radius 3 is 2.58 bits per heavy atom. The van der Waals surface area contributed by atoms with Crippen molar-refractivity contribution < 1.29 is 17.9 Å². The van der Waals surface area contributed by atoms with E-state index in [9.17, 15) is 13.2 Å². The van der Waals surface area contributed by atoms with Crippen LogP contribution in [0, 0.1) is 24.7 Å². The summed E-state index contributed by atoms with van der Waals surface area (Å²) in [6, 6.07) is 6.83. The summed E-state index contributed by atoms with van der Waals surface area (Å²) >= 11 is 0. The van der Waals surface area contributed by atoms with Gasteiger partial charge >= 0.3 is 5.97 Å². The number of hydrogen-bond donors (Lipinski definition) is 0. The molecule has 0 aromatic heterocycles. The Balaban J connectivity index is 1.63. The topological polar surface area (TPSA) is 63.7 Å². The Morgan fingerprint density at radius 1 is 1.29 bits per heavy atom. The monoisotopic (exact) mass is 351 g/mol. The van der Waals surface area contributed by atoms with E-state index in [4.69, 9.17) is 4.74 Å². The van der Waals surface area contributed by atoms with Crippen LogP contribution in [0.4, 0.5) is 0 Å². The van der Waals surface area contributed by atoms with Crippen LogP contribution in [0.15, 0.2) is 29.2 Å². The minimum Gasteiger partial charge on any atom is -0.465 e. The number of sulfonamides is 1. The molecule has 0 N–H and O–H groups in total. The van der Waals surface area contributed by atoms with Gasteiger partial charge in [-0.05, 0) is 50.2 Å². The number of benzene rings is 1. The van der Waals surface area contributed by atoms with Crippen LogP contribution in [0.3, 0.4) is 0 Å². The third-order valence-electron chi connectivity index (χ3n) is 5.09. The van der Waals surface area contributed by atoms with Crippen LogP contribution in [0.5, 0.6) is 0 Å². The SMILES string of the molecule is Cc1ccc(S(=O)(=O)N2CCCC(C(=O)OCC3CC3C)C2)cc1. The van der Waals surface area contributed by atoms with E-state index in [1.54, 1.807) is 24.3 Å². The van der Waals surface area contributed by atoms with Crippen molar-refractivity contribution in [1.29, 1.82) is 0 Å². The van der Waals surface area contributed by atoms with Crippen LogP contribution in [0.2, 0.25) is 0 Å². The molecule has 0 spiro atoms. The van der Waals surface area contributed by atoms with Gasteiger partial charge in [-0.25, -0.2) is 8.42 Å². The number of esters is 1. The molecular weight excluding hydrogens is 326 g/mol. The molecule has 1 aromatic rings. The molecule has 3 atom stereocenters. The maximum atomic E-state index is 12.8. The van der Waals surface area contributed by atoms with Crippen LogP contribution in [0.1, 0.15) is 31.7 Å². The van der Waals surface area contributed by atoms with Gasteiger partial charge in [0.2, 0.25) is 10.0 Å². The Morgan fingerprint density at radius 2 is 1.96 bits per heavy atom. The minimum absolute atomic E-state index is 0.218. The fourth-order valence-corrected chi connectivity index (χ4v) is 4.67. The number of ether oxygens (including phenoxy) is 1. The average Bonchev–Trinajstić information content (AvgIpc) is 3.28. The zero-order valence-corrected chi connectivity index (χ0v) is 15.1. The maximum Gasteiger partial charge on any atom is 0.310 e. The van der Waals surface area contributed by atoms with Crippen molar-refractivity contribution in [3.63, 3.8) is 0 Å². The van der Waals surface area contributed by atoms with Gasteiger partial charge in [-0.3, -0.25) is 4.79 Å². The fourth-order valence-electron chi connectivity index (χ4n) is 3.15. The van der Waals surface area contributed by atoms with Crippen LogP contribution in [-0.4, -0.2) is 38.4 Å². The van der Waals surface area contributed by atoms with Crippen molar-refractivity contribution in [2.45, 2.75) is 38.0 Å². The van der Waals surface area contributed by atoms with Crippen molar-refractivity contribution >= 4 is 16.0 Å². The Labute approximate surface area is 144 Å². The van der Waals surface area contributed by atoms with Gasteiger partial charge in [-0.15, -0.1) is 0 Å². The van der Waals surface area contributed by atoms with E-state index in [-0.39, 0.29) is 23.3 Å². The smallest absolute Gasteiger partial charge is 0.310 e. The van der Waals surface area contributed by atoms with Crippen molar-refractivity contribution in [2.24, 2.45) is 17.8 Å². The molecule has 24 heavy (non-hydrogen) atoms. The van der Waals surface area contributed by atoms with Gasteiger partial charge in [0.1, 0.15) is 0 Å². The quantitative estimate of drug-likeness (QED) is 0.765. The minimum atomic E-state index is -3.55. The molecule has 0 radical (unpaired) electrons. The maximum absolute atomic E-state index is 12.8. The second-order valence-corrected chi connectivity index (χ2v) is 9.06. The first-order valence-corrected chi connectivity index (χ1v) is 10.1. The van der Waals surface area contributed by atoms with Crippen molar-refractivity contribution in [2.75, 3.05) is 19.7 Å². The lowest BCUT2D eigenvalue weighted by Crippen LogP contribution is -2.42. The molecule has 1 heterocycles. The molecule has 3 rings (SSSR count). The van der Waals surface area contributed by atoms with Crippen molar-refractivity contribution in [3.05, 3.63) is 29.8 Å². The zero-order valence-electron chi connectivity index (χ0n) is 14.3. The van der Waals surface area contributed by atoms with Crippen LogP contribution < -0.4 is 0 Å². The van der Waals surface area contributed by atoms with Gasteiger partial charge in [-0.2, -0.15) is 4.31 Å². The summed E-state index contributed by atoms with van der Waals surface area (Å²) in [5.74, 6) is 0.526. The van der Waals surface area contributed by atoms with E-state index in [0.29, 0.717) is 37.8 Å². The molecule has 6 heteroatoms. The standard InChI is InChI=1S/C18H25NO4S/c1-13-5-7-17(8-6-13)24(21,22)19-9-3-4-15(11-19)18(20)23-12-16-10-14(16)2/h5-8,14-16H,3-4,9-12H2,1-2H3. The van der Waals surface area contributed by atoms with Gasteiger partial charge < -0.3 is 4.74 Å². The molecule has 1 saturated heterocycles. The van der Waals surface area contributed by atoms with Gasteiger partial charge in [0, 0.05) is 13.1 Å². The predicted molar refractivity (Wildman–Crippen MR) is 90.9 cm³/mol. The Hall–Kier alpha value is -1.40. The van der Waals surface area contributed by atoms with E-state index in [1.807, 2.05) is 6.92 Å². The number of carbonyl (C=O) groups excluding carboxylic acids is 1. The fraction of sp³-hybridized carbons (Fsp3) is 0.611. The second-order valence-electron chi connectivity index (χ2n) is 7.12. The Bertz CT molecular complexity index is 698. The number of hydrogen-bond acceptors (Lipinski definition) is 4. The lowest BCUT2D eigenvalue weighted by atomic mass is 10.00. The number of piperidine rings is 1. The van der Waals surface area contributed by atoms with Crippen LogP contribution >= 0.6 is 0 Å². The molecule has 132 valence electrons. The summed E-state index contributed by atoms with van der Waals surface area (Å²) in [5, 5.41) is 0. The first-order chi connectivity index (χ1) is 11.4. The van der Waals surface area contributed by atoms with Gasteiger partial charge in [0.25, 0.3) is 0 Å². The Kier molecular flexibility index (Phi) is 4.97. The van der Waals surface area contributed by atoms with E-state index in [2.05, 4.69) is 6.92 Å². The van der Waals surface area contributed by atoms with Crippen molar-refractivity contribution in [1.82, 2.24) is 4.31 Å². The highest BCUT2D eigenvalue weighted by Crippen LogP contribution is 2.38. The zero-order chi connectivity index (χ0) is 17.3. The molecular formula is C18H25NO4S. The van der Waals surface area contributed by atoms with E-state index >= 15 is 0 Å². The molecule has 2 fully saturated rings. The molecule has 1 saturated carbocycles. The molecule has 1 aliphatic carbocycles. The van der Waals surface area contributed by atoms with E-state index in [1.165, 1.54) is 4.31 Å². The van der Waals surface area contributed by atoms with Crippen LogP contribution in [0.25, 0.3) is 0 Å². The first-order valence-electron chi connectivity index (χ1n) is 8.61. The number of nitrogens with zero attached hydrogens (tertiary/aromatic N) is 1. The lowest BCUT2D eigenvalue weighted by molar-refractivity contribution is -0.150. The largest absolute Gasteiger partial charge is 0.465 e. The molecule has 1 aliphatic heterocycles. The summed E-state index contributed by atoms with van der Waals surface area (Å²) in [4.78, 5) is 12.5. The van der Waals surface area contributed by atoms with Gasteiger partial charge in [0.15, 0.2) is 0 Å². The highest BCUT2D eigenvalue weighted by Gasteiger charge is 2.37. The van der Waals surface area contributed by atoms with Crippen LogP contribution in [-0.2, 0) is 19.6 Å². The molecule has 3 unspecified atom stereocenters. The summed E-state index contributed by atoms with van der Waals surface area (Å²) in [5.41, 5.74) is 1.02. The summed E-state index contributed by atoms with van der Waals surface area (Å²) in [6.45, 7) is 5.22. The average molecular weight is 351 g/mol. The highest BCUT2D eigenvalue weighted by atomic mass is 32.2. The summed E-state index contributed by atoms with van der Waals surface area (Å²) in [7, 11) is -3.55. The molecule has 5 nitrogen and oxygen atoms in total. The third kappa shape index (κ3) is 3.81. The van der Waals surface area contributed by atoms with E-state index < -0.39 is 10.0 Å².